The predicted molar refractivity (Wildman–Crippen MR) is 81.9 cm³/mol. The van der Waals surface area contributed by atoms with Gasteiger partial charge in [0.2, 0.25) is 5.91 Å². The molecular formula is C17H19N3O2. The van der Waals surface area contributed by atoms with Gasteiger partial charge in [0, 0.05) is 42.9 Å². The van der Waals surface area contributed by atoms with Crippen molar-refractivity contribution >= 4 is 5.91 Å². The van der Waals surface area contributed by atoms with E-state index in [1.54, 1.807) is 23.5 Å². The van der Waals surface area contributed by atoms with Crippen molar-refractivity contribution in [2.75, 3.05) is 13.1 Å². The summed E-state index contributed by atoms with van der Waals surface area (Å²) in [4.78, 5) is 22.4. The molecule has 1 N–H and O–H groups in total. The minimum absolute atomic E-state index is 0.0620. The average Bonchev–Trinajstić information content (AvgIpc) is 2.57. The molecule has 1 aliphatic heterocycles. The topological polar surface area (TPSA) is 66.3 Å². The van der Waals surface area contributed by atoms with E-state index >= 15 is 0 Å². The molecule has 1 amide bonds. The Morgan fingerprint density at radius 3 is 2.64 bits per heavy atom. The Bertz CT molecular complexity index is 623. The molecule has 1 aliphatic rings. The molecule has 0 atom stereocenters. The van der Waals surface area contributed by atoms with Crippen LogP contribution in [0, 0.1) is 0 Å². The quantitative estimate of drug-likeness (QED) is 0.933. The minimum atomic E-state index is -0.879. The van der Waals surface area contributed by atoms with Crippen molar-refractivity contribution in [2.24, 2.45) is 0 Å². The zero-order valence-corrected chi connectivity index (χ0v) is 12.4. The Labute approximate surface area is 129 Å². The minimum Gasteiger partial charge on any atom is -0.385 e. The molecule has 0 spiro atoms. The molecule has 3 heterocycles. The fourth-order valence-corrected chi connectivity index (χ4v) is 2.82. The van der Waals surface area contributed by atoms with Crippen molar-refractivity contribution in [3.63, 3.8) is 0 Å². The first-order valence-corrected chi connectivity index (χ1v) is 7.48. The SMILES string of the molecule is O=C(Cc1ccccn1)N1CCC(O)(c2cccnc2)CC1. The summed E-state index contributed by atoms with van der Waals surface area (Å²) >= 11 is 0. The van der Waals surface area contributed by atoms with Crippen molar-refractivity contribution in [1.29, 1.82) is 0 Å². The lowest BCUT2D eigenvalue weighted by atomic mass is 9.85. The maximum absolute atomic E-state index is 12.3. The highest BCUT2D eigenvalue weighted by atomic mass is 16.3. The molecule has 114 valence electrons. The third-order valence-electron chi connectivity index (χ3n) is 4.20. The number of pyridine rings is 2. The average molecular weight is 297 g/mol. The molecule has 2 aromatic rings. The monoisotopic (exact) mass is 297 g/mol. The smallest absolute Gasteiger partial charge is 0.228 e. The third-order valence-corrected chi connectivity index (χ3v) is 4.20. The zero-order chi connectivity index (χ0) is 15.4. The van der Waals surface area contributed by atoms with Crippen LogP contribution in [0.5, 0.6) is 0 Å². The van der Waals surface area contributed by atoms with Crippen LogP contribution in [0.3, 0.4) is 0 Å². The first-order chi connectivity index (χ1) is 10.7. The predicted octanol–water partition coefficient (Wildman–Crippen LogP) is 1.53. The molecule has 0 radical (unpaired) electrons. The summed E-state index contributed by atoms with van der Waals surface area (Å²) in [6.45, 7) is 1.11. The summed E-state index contributed by atoms with van der Waals surface area (Å²) in [5, 5.41) is 10.7. The van der Waals surface area contributed by atoms with E-state index < -0.39 is 5.60 Å². The van der Waals surface area contributed by atoms with E-state index in [1.807, 2.05) is 30.3 Å². The van der Waals surface area contributed by atoms with Gasteiger partial charge in [0.25, 0.3) is 0 Å². The van der Waals surface area contributed by atoms with Crippen molar-refractivity contribution < 1.29 is 9.90 Å². The van der Waals surface area contributed by atoms with Gasteiger partial charge in [-0.05, 0) is 31.0 Å². The van der Waals surface area contributed by atoms with Gasteiger partial charge in [-0.1, -0.05) is 12.1 Å². The normalized spacial score (nSPS) is 17.2. The molecule has 1 saturated heterocycles. The lowest BCUT2D eigenvalue weighted by Gasteiger charge is -2.38. The van der Waals surface area contributed by atoms with Crippen LogP contribution >= 0.6 is 0 Å². The van der Waals surface area contributed by atoms with E-state index in [2.05, 4.69) is 9.97 Å². The Kier molecular flexibility index (Phi) is 4.15. The van der Waals surface area contributed by atoms with Crippen LogP contribution in [0.25, 0.3) is 0 Å². The molecule has 5 heteroatoms. The molecule has 1 fully saturated rings. The van der Waals surface area contributed by atoms with Crippen LogP contribution in [-0.2, 0) is 16.8 Å². The van der Waals surface area contributed by atoms with Gasteiger partial charge in [-0.15, -0.1) is 0 Å². The van der Waals surface area contributed by atoms with Crippen LogP contribution in [0.15, 0.2) is 48.9 Å². The molecule has 0 aromatic carbocycles. The van der Waals surface area contributed by atoms with E-state index in [-0.39, 0.29) is 5.91 Å². The second kappa shape index (κ2) is 6.23. The summed E-state index contributed by atoms with van der Waals surface area (Å²) in [5.74, 6) is 0.0620. The van der Waals surface area contributed by atoms with Crippen LogP contribution in [-0.4, -0.2) is 39.0 Å². The summed E-state index contributed by atoms with van der Waals surface area (Å²) in [6.07, 6.45) is 6.47. The number of likely N-dealkylation sites (tertiary alicyclic amines) is 1. The van der Waals surface area contributed by atoms with Crippen LogP contribution in [0.1, 0.15) is 24.1 Å². The number of rotatable bonds is 3. The van der Waals surface area contributed by atoms with Crippen LogP contribution < -0.4 is 0 Å². The molecule has 0 saturated carbocycles. The molecule has 5 nitrogen and oxygen atoms in total. The third kappa shape index (κ3) is 3.14. The second-order valence-electron chi connectivity index (χ2n) is 5.65. The standard InChI is InChI=1S/C17H19N3O2/c21-16(12-15-5-1-2-9-19-15)20-10-6-17(22,7-11-20)14-4-3-8-18-13-14/h1-5,8-9,13,22H,6-7,10-12H2. The summed E-state index contributed by atoms with van der Waals surface area (Å²) < 4.78 is 0. The Balaban J connectivity index is 1.61. The molecule has 2 aromatic heterocycles. The fourth-order valence-electron chi connectivity index (χ4n) is 2.82. The Hall–Kier alpha value is -2.27. The number of hydrogen-bond acceptors (Lipinski definition) is 4. The number of carbonyl (C=O) groups excluding carboxylic acids is 1. The maximum Gasteiger partial charge on any atom is 0.228 e. The number of piperidine rings is 1. The van der Waals surface area contributed by atoms with Crippen molar-refractivity contribution in [1.82, 2.24) is 14.9 Å². The van der Waals surface area contributed by atoms with E-state index in [4.69, 9.17) is 0 Å². The lowest BCUT2D eigenvalue weighted by Crippen LogP contribution is -2.45. The highest BCUT2D eigenvalue weighted by Crippen LogP contribution is 2.32. The Morgan fingerprint density at radius 2 is 2.00 bits per heavy atom. The summed E-state index contributed by atoms with van der Waals surface area (Å²) in [7, 11) is 0. The molecule has 0 bridgehead atoms. The summed E-state index contributed by atoms with van der Waals surface area (Å²) in [6, 6.07) is 9.29. The van der Waals surface area contributed by atoms with Crippen LogP contribution in [0.4, 0.5) is 0 Å². The molecular weight excluding hydrogens is 278 g/mol. The first-order valence-electron chi connectivity index (χ1n) is 7.48. The van der Waals surface area contributed by atoms with E-state index in [9.17, 15) is 9.90 Å². The summed E-state index contributed by atoms with van der Waals surface area (Å²) in [5.41, 5.74) is 0.725. The number of nitrogens with zero attached hydrogens (tertiary/aromatic N) is 3. The van der Waals surface area contributed by atoms with Crippen molar-refractivity contribution in [2.45, 2.75) is 24.9 Å². The second-order valence-corrected chi connectivity index (χ2v) is 5.65. The molecule has 0 unspecified atom stereocenters. The highest BCUT2D eigenvalue weighted by molar-refractivity contribution is 5.78. The number of hydrogen-bond donors (Lipinski definition) is 1. The maximum atomic E-state index is 12.3. The number of carbonyl (C=O) groups is 1. The van der Waals surface area contributed by atoms with Gasteiger partial charge in [-0.2, -0.15) is 0 Å². The van der Waals surface area contributed by atoms with Crippen molar-refractivity contribution in [3.8, 4) is 0 Å². The number of amides is 1. The largest absolute Gasteiger partial charge is 0.385 e. The van der Waals surface area contributed by atoms with Crippen LogP contribution in [0.2, 0.25) is 0 Å². The zero-order valence-electron chi connectivity index (χ0n) is 12.4. The van der Waals surface area contributed by atoms with E-state index in [1.165, 1.54) is 0 Å². The van der Waals surface area contributed by atoms with Gasteiger partial charge in [0.15, 0.2) is 0 Å². The number of aliphatic hydroxyl groups is 1. The molecule has 3 rings (SSSR count). The van der Waals surface area contributed by atoms with E-state index in [0.717, 1.165) is 11.3 Å². The molecule has 22 heavy (non-hydrogen) atoms. The van der Waals surface area contributed by atoms with Gasteiger partial charge >= 0.3 is 0 Å². The van der Waals surface area contributed by atoms with Gasteiger partial charge in [0.1, 0.15) is 0 Å². The first kappa shape index (κ1) is 14.7. The van der Waals surface area contributed by atoms with Crippen molar-refractivity contribution in [3.05, 3.63) is 60.2 Å². The van der Waals surface area contributed by atoms with Gasteiger partial charge in [-0.25, -0.2) is 0 Å². The van der Waals surface area contributed by atoms with Gasteiger partial charge in [-0.3, -0.25) is 14.8 Å². The van der Waals surface area contributed by atoms with Gasteiger partial charge < -0.3 is 10.0 Å². The van der Waals surface area contributed by atoms with E-state index in [0.29, 0.717) is 32.4 Å². The highest BCUT2D eigenvalue weighted by Gasteiger charge is 2.35. The van der Waals surface area contributed by atoms with Gasteiger partial charge in [0.05, 0.1) is 12.0 Å². The lowest BCUT2D eigenvalue weighted by molar-refractivity contribution is -0.135. The molecule has 0 aliphatic carbocycles. The number of aromatic nitrogens is 2. The fraction of sp³-hybridized carbons (Fsp3) is 0.353. The Morgan fingerprint density at radius 1 is 1.18 bits per heavy atom.